The predicted molar refractivity (Wildman–Crippen MR) is 75.7 cm³/mol. The van der Waals surface area contributed by atoms with E-state index in [1.165, 1.54) is 14.0 Å². The molecule has 7 nitrogen and oxygen atoms in total. The van der Waals surface area contributed by atoms with Crippen LogP contribution in [-0.4, -0.2) is 57.5 Å². The summed E-state index contributed by atoms with van der Waals surface area (Å²) < 4.78 is 40.9. The number of piperidine rings is 1. The number of sulfonamides is 1. The second-order valence-electron chi connectivity index (χ2n) is 4.51. The van der Waals surface area contributed by atoms with Gasteiger partial charge >= 0.3 is 0 Å². The minimum Gasteiger partial charge on any atom is -0.380 e. The molecule has 2 atom stereocenters. The lowest BCUT2D eigenvalue weighted by molar-refractivity contribution is 0.0546. The fourth-order valence-corrected chi connectivity index (χ4v) is 2.82. The van der Waals surface area contributed by atoms with Gasteiger partial charge in [0.15, 0.2) is 0 Å². The van der Waals surface area contributed by atoms with Crippen LogP contribution >= 0.6 is 0 Å². The Balaban J connectivity index is 3.00. The van der Waals surface area contributed by atoms with Gasteiger partial charge in [-0.15, -0.1) is 0 Å². The number of nitrogens with zero attached hydrogens (tertiary/aromatic N) is 3. The smallest absolute Gasteiger partial charge is 0.224 e. The molecule has 0 aromatic rings. The lowest BCUT2D eigenvalue weighted by atomic mass is 10.1. The molecule has 20 heavy (non-hydrogen) atoms. The molecule has 0 unspecified atom stereocenters. The zero-order valence-electron chi connectivity index (χ0n) is 11.5. The molecule has 2 N–H and O–H groups in total. The predicted octanol–water partition coefficient (Wildman–Crippen LogP) is 0.252. The highest BCUT2D eigenvalue weighted by Gasteiger charge is 2.34. The van der Waals surface area contributed by atoms with Crippen molar-refractivity contribution in [2.24, 2.45) is 15.1 Å². The molecule has 0 spiro atoms. The summed E-state index contributed by atoms with van der Waals surface area (Å²) in [6.07, 6.45) is 0.968. The Kier molecular flexibility index (Phi) is 5.78. The van der Waals surface area contributed by atoms with Crippen LogP contribution in [0, 0.1) is 0 Å². The number of nitrogens with two attached hydrogens (primary N) is 1. The van der Waals surface area contributed by atoms with Crippen molar-refractivity contribution in [2.45, 2.75) is 24.7 Å². The molecule has 114 valence electrons. The van der Waals surface area contributed by atoms with Gasteiger partial charge in [-0.3, -0.25) is 0 Å². The summed E-state index contributed by atoms with van der Waals surface area (Å²) in [5.74, 6) is -0.355. The van der Waals surface area contributed by atoms with E-state index < -0.39 is 21.1 Å². The molecule has 1 fully saturated rings. The number of aliphatic imine (C=N–C) groups is 2. The number of hydrogen-bond acceptors (Lipinski definition) is 4. The highest BCUT2D eigenvalue weighted by Crippen LogP contribution is 2.18. The summed E-state index contributed by atoms with van der Waals surface area (Å²) in [7, 11) is -2.22. The van der Waals surface area contributed by atoms with Gasteiger partial charge in [0.05, 0.1) is 17.6 Å². The van der Waals surface area contributed by atoms with Crippen molar-refractivity contribution in [3.8, 4) is 0 Å². The molecule has 0 radical (unpaired) electrons. The van der Waals surface area contributed by atoms with Crippen molar-refractivity contribution < 1.29 is 17.5 Å². The number of methoxy groups -OCH3 is 1. The van der Waals surface area contributed by atoms with Gasteiger partial charge in [0, 0.05) is 20.2 Å². The van der Waals surface area contributed by atoms with Crippen LogP contribution in [0.4, 0.5) is 4.39 Å². The average molecular weight is 306 g/mol. The fourth-order valence-electron chi connectivity index (χ4n) is 1.95. The van der Waals surface area contributed by atoms with Crippen LogP contribution < -0.4 is 5.14 Å². The van der Waals surface area contributed by atoms with E-state index in [1.807, 2.05) is 0 Å². The van der Waals surface area contributed by atoms with Crippen LogP contribution in [-0.2, 0) is 14.8 Å². The standard InChI is InChI=1S/C11H19FN4O3S/c1-8(12)5-15-11(14-2)16-6-9(19-3)4-10(7-16)20(13,17)18/h5,9-10H,2,4,6-7H2,1,3H3,(H2,13,17,18)/b8-5+,15-11?/t9-,10-/m1/s1. The minimum atomic E-state index is -3.70. The van der Waals surface area contributed by atoms with E-state index in [0.717, 1.165) is 6.20 Å². The first-order chi connectivity index (χ1) is 9.27. The number of likely N-dealkylation sites (tertiary alicyclic amines) is 1. The Morgan fingerprint density at radius 1 is 1.55 bits per heavy atom. The van der Waals surface area contributed by atoms with Crippen LogP contribution in [0.15, 0.2) is 22.0 Å². The van der Waals surface area contributed by atoms with Crippen molar-refractivity contribution in [3.05, 3.63) is 12.0 Å². The van der Waals surface area contributed by atoms with Crippen molar-refractivity contribution in [2.75, 3.05) is 20.2 Å². The molecule has 1 aliphatic rings. The van der Waals surface area contributed by atoms with Crippen molar-refractivity contribution in [3.63, 3.8) is 0 Å². The van der Waals surface area contributed by atoms with E-state index in [9.17, 15) is 12.8 Å². The lowest BCUT2D eigenvalue weighted by Gasteiger charge is -2.36. The van der Waals surface area contributed by atoms with Gasteiger partial charge in [0.25, 0.3) is 0 Å². The SMILES string of the molecule is C=NC(=N/C=C(\C)F)N1C[C@H](OC)C[C@@H](S(N)(=O)=O)C1. The van der Waals surface area contributed by atoms with E-state index in [2.05, 4.69) is 16.7 Å². The van der Waals surface area contributed by atoms with E-state index in [0.29, 0.717) is 13.0 Å². The van der Waals surface area contributed by atoms with Crippen molar-refractivity contribution in [1.29, 1.82) is 0 Å². The molecule has 1 aliphatic heterocycles. The second-order valence-corrected chi connectivity index (χ2v) is 6.36. The van der Waals surface area contributed by atoms with E-state index in [1.54, 1.807) is 4.90 Å². The molecule has 1 rings (SSSR count). The number of ether oxygens (including phenoxy) is 1. The monoisotopic (exact) mass is 306 g/mol. The summed E-state index contributed by atoms with van der Waals surface area (Å²) in [5.41, 5.74) is 0. The third-order valence-corrected chi connectivity index (χ3v) is 4.22. The molecule has 1 heterocycles. The average Bonchev–Trinajstić information content (AvgIpc) is 2.37. The van der Waals surface area contributed by atoms with Crippen LogP contribution in [0.2, 0.25) is 0 Å². The number of rotatable bonds is 3. The zero-order valence-corrected chi connectivity index (χ0v) is 12.3. The maximum absolute atomic E-state index is 12.7. The molecule has 0 saturated carbocycles. The number of hydrogen-bond donors (Lipinski definition) is 1. The molecular formula is C11H19FN4O3S. The molecular weight excluding hydrogens is 287 g/mol. The number of guanidine groups is 1. The quantitative estimate of drug-likeness (QED) is 0.597. The Labute approximate surface area is 118 Å². The minimum absolute atomic E-state index is 0.121. The summed E-state index contributed by atoms with van der Waals surface area (Å²) in [6, 6.07) is 0. The van der Waals surface area contributed by atoms with Crippen molar-refractivity contribution in [1.82, 2.24) is 4.90 Å². The van der Waals surface area contributed by atoms with E-state index in [-0.39, 0.29) is 18.6 Å². The topological polar surface area (TPSA) is 97.3 Å². The Morgan fingerprint density at radius 3 is 2.65 bits per heavy atom. The van der Waals surface area contributed by atoms with E-state index >= 15 is 0 Å². The Bertz CT molecular complexity index is 514. The van der Waals surface area contributed by atoms with Gasteiger partial charge in [0.1, 0.15) is 5.83 Å². The third-order valence-electron chi connectivity index (χ3n) is 2.95. The van der Waals surface area contributed by atoms with Gasteiger partial charge < -0.3 is 9.64 Å². The first-order valence-corrected chi connectivity index (χ1v) is 7.55. The number of allylic oxidation sites excluding steroid dienone is 1. The highest BCUT2D eigenvalue weighted by atomic mass is 32.2. The molecule has 0 aromatic carbocycles. The van der Waals surface area contributed by atoms with Crippen LogP contribution in [0.1, 0.15) is 13.3 Å². The van der Waals surface area contributed by atoms with Crippen LogP contribution in [0.3, 0.4) is 0 Å². The largest absolute Gasteiger partial charge is 0.380 e. The van der Waals surface area contributed by atoms with Crippen LogP contribution in [0.5, 0.6) is 0 Å². The molecule has 0 amide bonds. The van der Waals surface area contributed by atoms with Gasteiger partial charge in [-0.2, -0.15) is 0 Å². The Hall–Kier alpha value is -1.32. The number of primary sulfonamides is 1. The first kappa shape index (κ1) is 16.7. The third kappa shape index (κ3) is 4.66. The highest BCUT2D eigenvalue weighted by molar-refractivity contribution is 7.89. The van der Waals surface area contributed by atoms with Gasteiger partial charge in [-0.05, 0) is 20.1 Å². The van der Waals surface area contributed by atoms with Crippen molar-refractivity contribution >= 4 is 22.7 Å². The first-order valence-electron chi connectivity index (χ1n) is 5.94. The fraction of sp³-hybridized carbons (Fsp3) is 0.636. The normalized spacial score (nSPS) is 25.7. The molecule has 0 bridgehead atoms. The molecule has 9 heteroatoms. The molecule has 0 aliphatic carbocycles. The molecule has 0 aromatic heterocycles. The van der Waals surface area contributed by atoms with Gasteiger partial charge in [-0.25, -0.2) is 27.9 Å². The lowest BCUT2D eigenvalue weighted by Crippen LogP contribution is -2.52. The maximum atomic E-state index is 12.7. The Morgan fingerprint density at radius 2 is 2.20 bits per heavy atom. The summed E-state index contributed by atoms with van der Waals surface area (Å²) in [5, 5.41) is 4.40. The summed E-state index contributed by atoms with van der Waals surface area (Å²) in [6.45, 7) is 5.11. The van der Waals surface area contributed by atoms with Gasteiger partial charge in [-0.1, -0.05) is 0 Å². The zero-order chi connectivity index (χ0) is 15.3. The van der Waals surface area contributed by atoms with E-state index in [4.69, 9.17) is 9.88 Å². The molecule has 1 saturated heterocycles. The van der Waals surface area contributed by atoms with Crippen LogP contribution in [0.25, 0.3) is 0 Å². The summed E-state index contributed by atoms with van der Waals surface area (Å²) in [4.78, 5) is 9.10. The van der Waals surface area contributed by atoms with Gasteiger partial charge in [0.2, 0.25) is 16.0 Å². The second kappa shape index (κ2) is 6.91. The summed E-state index contributed by atoms with van der Waals surface area (Å²) >= 11 is 0. The maximum Gasteiger partial charge on any atom is 0.224 e. The number of halogens is 1.